The standard InChI is InChI=1S/C17H16ClNO3/c1-11(19-17(20)12-6-2-3-7-13(12)18)16-10-21-14-8-4-5-9-15(14)22-16/h2-9,11,16H,10H2,1H3,(H,19,20)/t11-,16-/m0/s1. The van der Waals surface area contributed by atoms with Gasteiger partial charge in [-0.3, -0.25) is 4.79 Å². The van der Waals surface area contributed by atoms with E-state index in [2.05, 4.69) is 5.32 Å². The number of para-hydroxylation sites is 2. The summed E-state index contributed by atoms with van der Waals surface area (Å²) in [4.78, 5) is 12.3. The molecule has 0 radical (unpaired) electrons. The van der Waals surface area contributed by atoms with Crippen LogP contribution in [0.1, 0.15) is 17.3 Å². The molecule has 22 heavy (non-hydrogen) atoms. The Hall–Kier alpha value is -2.20. The number of halogens is 1. The van der Waals surface area contributed by atoms with E-state index >= 15 is 0 Å². The predicted octanol–water partition coefficient (Wildman–Crippen LogP) is 3.30. The van der Waals surface area contributed by atoms with Crippen LogP contribution in [0, 0.1) is 0 Å². The SMILES string of the molecule is C[C@H](NC(=O)c1ccccc1Cl)[C@@H]1COc2ccccc2O1. The molecule has 2 aromatic rings. The highest BCUT2D eigenvalue weighted by molar-refractivity contribution is 6.33. The summed E-state index contributed by atoms with van der Waals surface area (Å²) in [5, 5.41) is 3.34. The molecule has 0 aliphatic carbocycles. The third kappa shape index (κ3) is 3.02. The Bertz CT molecular complexity index is 689. The van der Waals surface area contributed by atoms with Crippen molar-refractivity contribution in [1.82, 2.24) is 5.32 Å². The summed E-state index contributed by atoms with van der Waals surface area (Å²) in [5.41, 5.74) is 0.452. The molecule has 0 saturated heterocycles. The number of amides is 1. The average Bonchev–Trinajstić information content (AvgIpc) is 2.54. The maximum atomic E-state index is 12.3. The fraction of sp³-hybridized carbons (Fsp3) is 0.235. The Morgan fingerprint density at radius 1 is 1.18 bits per heavy atom. The van der Waals surface area contributed by atoms with E-state index in [1.165, 1.54) is 0 Å². The normalized spacial score (nSPS) is 17.6. The van der Waals surface area contributed by atoms with E-state index in [9.17, 15) is 4.79 Å². The number of hydrogen-bond donors (Lipinski definition) is 1. The van der Waals surface area contributed by atoms with Gasteiger partial charge in [-0.2, -0.15) is 0 Å². The Balaban J connectivity index is 1.67. The van der Waals surface area contributed by atoms with Gasteiger partial charge in [0.15, 0.2) is 17.6 Å². The van der Waals surface area contributed by atoms with Gasteiger partial charge in [-0.25, -0.2) is 0 Å². The van der Waals surface area contributed by atoms with Crippen LogP contribution in [0.2, 0.25) is 5.02 Å². The van der Waals surface area contributed by atoms with E-state index in [-0.39, 0.29) is 18.1 Å². The van der Waals surface area contributed by atoms with Crippen molar-refractivity contribution in [2.24, 2.45) is 0 Å². The van der Waals surface area contributed by atoms with E-state index in [1.807, 2.05) is 31.2 Å². The first-order valence-electron chi connectivity index (χ1n) is 7.09. The zero-order valence-electron chi connectivity index (χ0n) is 12.1. The van der Waals surface area contributed by atoms with Crippen molar-refractivity contribution >= 4 is 17.5 Å². The van der Waals surface area contributed by atoms with Crippen LogP contribution in [0.5, 0.6) is 11.5 Å². The van der Waals surface area contributed by atoms with Gasteiger partial charge < -0.3 is 14.8 Å². The van der Waals surface area contributed by atoms with Crippen LogP contribution in [0.4, 0.5) is 0 Å². The van der Waals surface area contributed by atoms with Crippen LogP contribution in [-0.2, 0) is 0 Å². The summed E-state index contributed by atoms with van der Waals surface area (Å²) in [6, 6.07) is 14.2. The molecule has 0 bridgehead atoms. The molecule has 0 fully saturated rings. The van der Waals surface area contributed by atoms with Gasteiger partial charge in [0.1, 0.15) is 6.61 Å². The smallest absolute Gasteiger partial charge is 0.253 e. The summed E-state index contributed by atoms with van der Waals surface area (Å²) >= 11 is 6.04. The van der Waals surface area contributed by atoms with Crippen LogP contribution < -0.4 is 14.8 Å². The van der Waals surface area contributed by atoms with Crippen LogP contribution >= 0.6 is 11.6 Å². The highest BCUT2D eigenvalue weighted by Crippen LogP contribution is 2.31. The summed E-state index contributed by atoms with van der Waals surface area (Å²) in [6.45, 7) is 2.28. The molecule has 1 amide bonds. The fourth-order valence-electron chi connectivity index (χ4n) is 2.31. The minimum Gasteiger partial charge on any atom is -0.486 e. The zero-order valence-corrected chi connectivity index (χ0v) is 12.8. The van der Waals surface area contributed by atoms with E-state index in [1.54, 1.807) is 24.3 Å². The molecule has 2 atom stereocenters. The van der Waals surface area contributed by atoms with Gasteiger partial charge in [-0.05, 0) is 31.2 Å². The summed E-state index contributed by atoms with van der Waals surface area (Å²) < 4.78 is 11.6. The second kappa shape index (κ2) is 6.28. The number of fused-ring (bicyclic) bond motifs is 1. The topological polar surface area (TPSA) is 47.6 Å². The lowest BCUT2D eigenvalue weighted by molar-refractivity contribution is 0.0606. The molecule has 0 spiro atoms. The lowest BCUT2D eigenvalue weighted by Gasteiger charge is -2.30. The molecule has 1 aliphatic heterocycles. The molecule has 0 saturated carbocycles. The first kappa shape index (κ1) is 14.7. The van der Waals surface area contributed by atoms with E-state index in [0.29, 0.717) is 22.9 Å². The number of carbonyl (C=O) groups excluding carboxylic acids is 1. The molecule has 4 nitrogen and oxygen atoms in total. The van der Waals surface area contributed by atoms with Crippen LogP contribution in [0.15, 0.2) is 48.5 Å². The largest absolute Gasteiger partial charge is 0.486 e. The quantitative estimate of drug-likeness (QED) is 0.945. The maximum Gasteiger partial charge on any atom is 0.253 e. The van der Waals surface area contributed by atoms with Crippen LogP contribution in [0.25, 0.3) is 0 Å². The molecule has 1 N–H and O–H groups in total. The fourth-order valence-corrected chi connectivity index (χ4v) is 2.53. The van der Waals surface area contributed by atoms with Crippen molar-refractivity contribution in [2.45, 2.75) is 19.1 Å². The molecule has 1 heterocycles. The third-order valence-corrected chi connectivity index (χ3v) is 3.90. The minimum absolute atomic E-state index is 0.211. The van der Waals surface area contributed by atoms with Crippen LogP contribution in [-0.4, -0.2) is 24.7 Å². The average molecular weight is 318 g/mol. The molecule has 0 aromatic heterocycles. The Kier molecular flexibility index (Phi) is 4.20. The highest BCUT2D eigenvalue weighted by Gasteiger charge is 2.27. The van der Waals surface area contributed by atoms with Crippen molar-refractivity contribution < 1.29 is 14.3 Å². The van der Waals surface area contributed by atoms with Gasteiger partial charge in [-0.1, -0.05) is 35.9 Å². The molecule has 0 unspecified atom stereocenters. The lowest BCUT2D eigenvalue weighted by atomic mass is 10.1. The lowest BCUT2D eigenvalue weighted by Crippen LogP contribution is -2.48. The number of rotatable bonds is 3. The first-order valence-corrected chi connectivity index (χ1v) is 7.47. The van der Waals surface area contributed by atoms with Crippen molar-refractivity contribution in [2.75, 3.05) is 6.61 Å². The molecular formula is C17H16ClNO3. The molecule has 3 rings (SSSR count). The number of carbonyl (C=O) groups is 1. The summed E-state index contributed by atoms with van der Waals surface area (Å²) in [6.07, 6.45) is -0.249. The Morgan fingerprint density at radius 3 is 2.64 bits per heavy atom. The number of benzene rings is 2. The van der Waals surface area contributed by atoms with Crippen molar-refractivity contribution in [1.29, 1.82) is 0 Å². The Labute approximate surface area is 134 Å². The van der Waals surface area contributed by atoms with Crippen LogP contribution in [0.3, 0.4) is 0 Å². The third-order valence-electron chi connectivity index (χ3n) is 3.57. The molecular weight excluding hydrogens is 302 g/mol. The molecule has 1 aliphatic rings. The highest BCUT2D eigenvalue weighted by atomic mass is 35.5. The first-order chi connectivity index (χ1) is 10.6. The van der Waals surface area contributed by atoms with E-state index < -0.39 is 0 Å². The van der Waals surface area contributed by atoms with Gasteiger partial charge in [0.25, 0.3) is 5.91 Å². The van der Waals surface area contributed by atoms with E-state index in [0.717, 1.165) is 5.75 Å². The van der Waals surface area contributed by atoms with Gasteiger partial charge in [0, 0.05) is 0 Å². The van der Waals surface area contributed by atoms with Crippen molar-refractivity contribution in [3.63, 3.8) is 0 Å². The maximum absolute atomic E-state index is 12.3. The van der Waals surface area contributed by atoms with Gasteiger partial charge >= 0.3 is 0 Å². The summed E-state index contributed by atoms with van der Waals surface area (Å²) in [5.74, 6) is 1.20. The second-order valence-corrected chi connectivity index (χ2v) is 5.56. The summed E-state index contributed by atoms with van der Waals surface area (Å²) in [7, 11) is 0. The number of nitrogens with one attached hydrogen (secondary N) is 1. The van der Waals surface area contributed by atoms with Crippen molar-refractivity contribution in [3.8, 4) is 11.5 Å². The van der Waals surface area contributed by atoms with E-state index in [4.69, 9.17) is 21.1 Å². The number of hydrogen-bond acceptors (Lipinski definition) is 3. The zero-order chi connectivity index (χ0) is 15.5. The van der Waals surface area contributed by atoms with Gasteiger partial charge in [0.2, 0.25) is 0 Å². The van der Waals surface area contributed by atoms with Gasteiger partial charge in [0.05, 0.1) is 16.6 Å². The van der Waals surface area contributed by atoms with Gasteiger partial charge in [-0.15, -0.1) is 0 Å². The second-order valence-electron chi connectivity index (χ2n) is 5.16. The number of ether oxygens (including phenoxy) is 2. The molecule has 114 valence electrons. The van der Waals surface area contributed by atoms with Crippen molar-refractivity contribution in [3.05, 3.63) is 59.1 Å². The predicted molar refractivity (Wildman–Crippen MR) is 84.7 cm³/mol. The minimum atomic E-state index is -0.249. The molecule has 5 heteroatoms. The molecule has 2 aromatic carbocycles. The monoisotopic (exact) mass is 317 g/mol. The Morgan fingerprint density at radius 2 is 1.86 bits per heavy atom.